The normalized spacial score (nSPS) is 35.5. The molecule has 0 N–H and O–H groups in total. The molecule has 0 aromatic rings. The molecule has 1 saturated carbocycles. The van der Waals surface area contributed by atoms with Gasteiger partial charge in [-0.2, -0.15) is 0 Å². The van der Waals surface area contributed by atoms with Crippen LogP contribution >= 0.6 is 0 Å². The third-order valence-electron chi connectivity index (χ3n) is 4.72. The van der Waals surface area contributed by atoms with E-state index in [-0.39, 0.29) is 29.7 Å². The Morgan fingerprint density at radius 3 is 2.90 bits per heavy atom. The minimum atomic E-state index is -0.363. The third-order valence-corrected chi connectivity index (χ3v) is 4.72. The van der Waals surface area contributed by atoms with Crippen LogP contribution in [-0.4, -0.2) is 31.1 Å². The van der Waals surface area contributed by atoms with Crippen molar-refractivity contribution >= 4 is 5.97 Å². The minimum Gasteiger partial charge on any atom is -0.466 e. The number of hydrogen-bond acceptors (Lipinski definition) is 4. The third kappa shape index (κ3) is 2.63. The van der Waals surface area contributed by atoms with Gasteiger partial charge in [-0.1, -0.05) is 18.6 Å². The molecule has 0 aromatic heterocycles. The van der Waals surface area contributed by atoms with Crippen LogP contribution in [0.25, 0.3) is 0 Å². The quantitative estimate of drug-likeness (QED) is 0.589. The van der Waals surface area contributed by atoms with Crippen LogP contribution in [0.4, 0.5) is 0 Å². The van der Waals surface area contributed by atoms with Gasteiger partial charge in [-0.25, -0.2) is 0 Å². The van der Waals surface area contributed by atoms with Gasteiger partial charge in [-0.3, -0.25) is 4.79 Å². The second-order valence-electron chi connectivity index (χ2n) is 6.04. The highest BCUT2D eigenvalue weighted by molar-refractivity contribution is 5.74. The summed E-state index contributed by atoms with van der Waals surface area (Å²) in [7, 11) is 0. The van der Waals surface area contributed by atoms with E-state index in [0.29, 0.717) is 13.2 Å². The highest BCUT2D eigenvalue weighted by Crippen LogP contribution is 2.42. The van der Waals surface area contributed by atoms with Crippen molar-refractivity contribution in [3.8, 4) is 0 Å². The Balaban J connectivity index is 1.64. The lowest BCUT2D eigenvalue weighted by Crippen LogP contribution is -2.36. The Morgan fingerprint density at radius 2 is 2.15 bits per heavy atom. The van der Waals surface area contributed by atoms with E-state index < -0.39 is 0 Å². The molecule has 1 spiro atoms. The SMILES string of the molecule is CCOC(=O)[C@@H]1CC=C[C@@H]1[C@H]1COC2(CCCCC2)O1. The first-order chi connectivity index (χ1) is 9.74. The fraction of sp³-hybridized carbons (Fsp3) is 0.812. The summed E-state index contributed by atoms with van der Waals surface area (Å²) < 4.78 is 17.4. The van der Waals surface area contributed by atoms with Crippen molar-refractivity contribution in [2.45, 2.75) is 57.3 Å². The molecule has 4 nitrogen and oxygen atoms in total. The Hall–Kier alpha value is -0.870. The number of carbonyl (C=O) groups excluding carboxylic acids is 1. The zero-order valence-electron chi connectivity index (χ0n) is 12.2. The fourth-order valence-corrected chi connectivity index (χ4v) is 3.68. The van der Waals surface area contributed by atoms with Crippen LogP contribution in [0.1, 0.15) is 45.4 Å². The van der Waals surface area contributed by atoms with Gasteiger partial charge in [0, 0.05) is 18.8 Å². The van der Waals surface area contributed by atoms with E-state index in [9.17, 15) is 4.79 Å². The van der Waals surface area contributed by atoms with E-state index >= 15 is 0 Å². The van der Waals surface area contributed by atoms with E-state index in [1.807, 2.05) is 6.92 Å². The predicted molar refractivity (Wildman–Crippen MR) is 74.0 cm³/mol. The summed E-state index contributed by atoms with van der Waals surface area (Å²) in [6.45, 7) is 2.89. The molecule has 0 radical (unpaired) electrons. The van der Waals surface area contributed by atoms with Crippen molar-refractivity contribution in [2.75, 3.05) is 13.2 Å². The molecule has 3 atom stereocenters. The zero-order chi connectivity index (χ0) is 14.0. The van der Waals surface area contributed by atoms with E-state index in [1.165, 1.54) is 19.3 Å². The van der Waals surface area contributed by atoms with E-state index in [4.69, 9.17) is 14.2 Å². The van der Waals surface area contributed by atoms with Crippen molar-refractivity contribution in [3.63, 3.8) is 0 Å². The van der Waals surface area contributed by atoms with Crippen LogP contribution in [0, 0.1) is 11.8 Å². The maximum atomic E-state index is 12.0. The number of allylic oxidation sites excluding steroid dienone is 1. The molecule has 0 amide bonds. The molecule has 1 heterocycles. The summed E-state index contributed by atoms with van der Waals surface area (Å²) in [5, 5.41) is 0. The van der Waals surface area contributed by atoms with E-state index in [1.54, 1.807) is 0 Å². The summed E-state index contributed by atoms with van der Waals surface area (Å²) in [5.41, 5.74) is 0. The highest BCUT2D eigenvalue weighted by atomic mass is 16.7. The van der Waals surface area contributed by atoms with Crippen molar-refractivity contribution in [1.29, 1.82) is 0 Å². The summed E-state index contributed by atoms with van der Waals surface area (Å²) in [4.78, 5) is 12.0. The minimum absolute atomic E-state index is 0.00116. The Morgan fingerprint density at radius 1 is 1.35 bits per heavy atom. The van der Waals surface area contributed by atoms with Gasteiger partial charge in [0.25, 0.3) is 0 Å². The molecule has 0 unspecified atom stereocenters. The van der Waals surface area contributed by atoms with E-state index in [0.717, 1.165) is 19.3 Å². The molecule has 2 aliphatic carbocycles. The molecule has 0 bridgehead atoms. The first-order valence-corrected chi connectivity index (χ1v) is 7.89. The Bertz CT molecular complexity index is 384. The van der Waals surface area contributed by atoms with Crippen LogP contribution in [0.15, 0.2) is 12.2 Å². The van der Waals surface area contributed by atoms with Crippen LogP contribution < -0.4 is 0 Å². The number of rotatable bonds is 3. The molecule has 3 aliphatic rings. The molecule has 1 aliphatic heterocycles. The summed E-state index contributed by atoms with van der Waals surface area (Å²) in [5.74, 6) is -0.452. The molecule has 112 valence electrons. The van der Waals surface area contributed by atoms with Crippen molar-refractivity contribution in [2.24, 2.45) is 11.8 Å². The lowest BCUT2D eigenvalue weighted by Gasteiger charge is -2.32. The number of hydrogen-bond donors (Lipinski definition) is 0. The van der Waals surface area contributed by atoms with Gasteiger partial charge < -0.3 is 14.2 Å². The average Bonchev–Trinajstić information content (AvgIpc) is 3.07. The number of ether oxygens (including phenoxy) is 3. The van der Waals surface area contributed by atoms with Crippen molar-refractivity contribution in [1.82, 2.24) is 0 Å². The molecule has 3 rings (SSSR count). The van der Waals surface area contributed by atoms with Gasteiger partial charge in [-0.15, -0.1) is 0 Å². The number of esters is 1. The summed E-state index contributed by atoms with van der Waals surface area (Å²) in [6.07, 6.45) is 10.5. The van der Waals surface area contributed by atoms with Crippen LogP contribution in [0.5, 0.6) is 0 Å². The van der Waals surface area contributed by atoms with Gasteiger partial charge >= 0.3 is 5.97 Å². The second kappa shape index (κ2) is 5.86. The van der Waals surface area contributed by atoms with Gasteiger partial charge in [0.15, 0.2) is 5.79 Å². The Kier molecular flexibility index (Phi) is 4.13. The van der Waals surface area contributed by atoms with Gasteiger partial charge in [0.05, 0.1) is 25.2 Å². The summed E-state index contributed by atoms with van der Waals surface area (Å²) in [6, 6.07) is 0. The first-order valence-electron chi connectivity index (χ1n) is 7.89. The Labute approximate surface area is 120 Å². The molecule has 1 saturated heterocycles. The lowest BCUT2D eigenvalue weighted by atomic mass is 9.90. The van der Waals surface area contributed by atoms with E-state index in [2.05, 4.69) is 12.2 Å². The van der Waals surface area contributed by atoms with Gasteiger partial charge in [0.1, 0.15) is 0 Å². The largest absolute Gasteiger partial charge is 0.466 e. The molecule has 2 fully saturated rings. The van der Waals surface area contributed by atoms with Crippen LogP contribution in [-0.2, 0) is 19.0 Å². The zero-order valence-corrected chi connectivity index (χ0v) is 12.2. The molecular weight excluding hydrogens is 256 g/mol. The average molecular weight is 280 g/mol. The summed E-state index contributed by atoms with van der Waals surface area (Å²) >= 11 is 0. The highest BCUT2D eigenvalue weighted by Gasteiger charge is 2.47. The monoisotopic (exact) mass is 280 g/mol. The number of carbonyl (C=O) groups is 1. The first kappa shape index (κ1) is 14.1. The van der Waals surface area contributed by atoms with Gasteiger partial charge in [-0.05, 0) is 26.2 Å². The standard InChI is InChI=1S/C16H24O4/c1-2-18-15(17)13-8-6-7-12(13)14-11-19-16(20-14)9-4-3-5-10-16/h6-7,12-14H,2-5,8-11H2,1H3/t12-,13+,14+/m0/s1. The molecule has 0 aromatic carbocycles. The predicted octanol–water partition coefficient (Wildman–Crippen LogP) is 2.82. The van der Waals surface area contributed by atoms with Crippen LogP contribution in [0.3, 0.4) is 0 Å². The topological polar surface area (TPSA) is 44.8 Å². The molecule has 20 heavy (non-hydrogen) atoms. The molecule has 4 heteroatoms. The smallest absolute Gasteiger partial charge is 0.309 e. The fourth-order valence-electron chi connectivity index (χ4n) is 3.68. The van der Waals surface area contributed by atoms with Gasteiger partial charge in [0.2, 0.25) is 0 Å². The van der Waals surface area contributed by atoms with Crippen molar-refractivity contribution in [3.05, 3.63) is 12.2 Å². The van der Waals surface area contributed by atoms with Crippen LogP contribution in [0.2, 0.25) is 0 Å². The molecular formula is C16H24O4. The maximum absolute atomic E-state index is 12.0. The lowest BCUT2D eigenvalue weighted by molar-refractivity contribution is -0.192. The second-order valence-corrected chi connectivity index (χ2v) is 6.04. The van der Waals surface area contributed by atoms with Crippen molar-refractivity contribution < 1.29 is 19.0 Å². The maximum Gasteiger partial charge on any atom is 0.309 e.